The summed E-state index contributed by atoms with van der Waals surface area (Å²) in [5, 5.41) is 7.50. The summed E-state index contributed by atoms with van der Waals surface area (Å²) in [5.41, 5.74) is 8.31. The maximum absolute atomic E-state index is 13.2. The number of hydrazone groups is 1. The Morgan fingerprint density at radius 2 is 1.56 bits per heavy atom. The molecule has 0 bridgehead atoms. The minimum atomic E-state index is -0.293. The smallest absolute Gasteiger partial charge is 0.250 e. The van der Waals surface area contributed by atoms with Crippen LogP contribution in [0.5, 0.6) is 0 Å². The predicted molar refractivity (Wildman–Crippen MR) is 127 cm³/mol. The van der Waals surface area contributed by atoms with Gasteiger partial charge in [0, 0.05) is 18.8 Å². The number of hydrogen-bond donors (Lipinski definition) is 2. The molecule has 0 radical (unpaired) electrons. The zero-order valence-electron chi connectivity index (χ0n) is 18.7. The summed E-state index contributed by atoms with van der Waals surface area (Å²) in [6.45, 7) is 8.07. The summed E-state index contributed by atoms with van der Waals surface area (Å²) >= 11 is 0. The normalized spacial score (nSPS) is 14.1. The van der Waals surface area contributed by atoms with Crippen LogP contribution in [-0.4, -0.2) is 34.3 Å². The molecule has 2 heterocycles. The minimum Gasteiger partial charge on any atom is -0.341 e. The lowest BCUT2D eigenvalue weighted by atomic mass is 10.0. The largest absolute Gasteiger partial charge is 0.341 e. The summed E-state index contributed by atoms with van der Waals surface area (Å²) in [6.07, 6.45) is 5.21. The molecule has 0 amide bonds. The van der Waals surface area contributed by atoms with Gasteiger partial charge in [-0.3, -0.25) is 0 Å². The number of aromatic nitrogens is 3. The second kappa shape index (κ2) is 9.72. The van der Waals surface area contributed by atoms with E-state index in [9.17, 15) is 4.39 Å². The highest BCUT2D eigenvalue weighted by atomic mass is 19.1. The maximum atomic E-state index is 13.2. The predicted octanol–water partition coefficient (Wildman–Crippen LogP) is 5.12. The lowest BCUT2D eigenvalue weighted by Crippen LogP contribution is -2.31. The van der Waals surface area contributed by atoms with Gasteiger partial charge in [-0.1, -0.05) is 6.07 Å². The number of rotatable bonds is 6. The summed E-state index contributed by atoms with van der Waals surface area (Å²) in [6, 6.07) is 10.3. The molecule has 2 aromatic carbocycles. The molecule has 7 nitrogen and oxygen atoms in total. The Morgan fingerprint density at radius 3 is 2.31 bits per heavy atom. The van der Waals surface area contributed by atoms with E-state index in [1.54, 1.807) is 18.3 Å². The van der Waals surface area contributed by atoms with Gasteiger partial charge in [0.2, 0.25) is 17.8 Å². The number of nitrogens with zero attached hydrogens (tertiary/aromatic N) is 5. The topological polar surface area (TPSA) is 78.3 Å². The van der Waals surface area contributed by atoms with Crippen molar-refractivity contribution in [2.45, 2.75) is 40.0 Å². The first-order chi connectivity index (χ1) is 15.5. The molecule has 3 aromatic rings. The first kappa shape index (κ1) is 21.7. The number of piperidine rings is 1. The SMILES string of the molecule is Cc1cc(C)c(/C=N\Nc2nc(Nc3ccc(F)cc3)nc(N3CCCCC3)n2)cc1C. The van der Waals surface area contributed by atoms with E-state index in [1.165, 1.54) is 29.7 Å². The van der Waals surface area contributed by atoms with Crippen LogP contribution in [0.3, 0.4) is 0 Å². The number of nitrogens with one attached hydrogen (secondary N) is 2. The fourth-order valence-electron chi connectivity index (χ4n) is 3.65. The van der Waals surface area contributed by atoms with Gasteiger partial charge in [0.15, 0.2) is 0 Å². The first-order valence-electron chi connectivity index (χ1n) is 10.9. The van der Waals surface area contributed by atoms with Crippen LogP contribution in [0.25, 0.3) is 0 Å². The molecule has 1 aliphatic heterocycles. The third kappa shape index (κ3) is 5.38. The van der Waals surface area contributed by atoms with Crippen LogP contribution in [-0.2, 0) is 0 Å². The Labute approximate surface area is 187 Å². The molecule has 166 valence electrons. The van der Waals surface area contributed by atoms with Crippen LogP contribution in [0.2, 0.25) is 0 Å². The minimum absolute atomic E-state index is 0.293. The third-order valence-corrected chi connectivity index (χ3v) is 5.61. The zero-order chi connectivity index (χ0) is 22.5. The molecule has 1 saturated heterocycles. The van der Waals surface area contributed by atoms with E-state index in [1.807, 2.05) is 0 Å². The van der Waals surface area contributed by atoms with Crippen molar-refractivity contribution in [2.75, 3.05) is 28.7 Å². The van der Waals surface area contributed by atoms with Gasteiger partial charge < -0.3 is 10.2 Å². The van der Waals surface area contributed by atoms with Crippen LogP contribution in [0, 0.1) is 26.6 Å². The van der Waals surface area contributed by atoms with E-state index >= 15 is 0 Å². The van der Waals surface area contributed by atoms with E-state index in [4.69, 9.17) is 0 Å². The molecule has 1 aliphatic rings. The zero-order valence-corrected chi connectivity index (χ0v) is 18.7. The van der Waals surface area contributed by atoms with Crippen LogP contribution in [0.4, 0.5) is 27.9 Å². The summed E-state index contributed by atoms with van der Waals surface area (Å²) in [4.78, 5) is 15.8. The summed E-state index contributed by atoms with van der Waals surface area (Å²) in [5.74, 6) is 1.04. The fraction of sp³-hybridized carbons (Fsp3) is 0.333. The lowest BCUT2D eigenvalue weighted by Gasteiger charge is -2.26. The van der Waals surface area contributed by atoms with Crippen molar-refractivity contribution in [3.63, 3.8) is 0 Å². The Bertz CT molecular complexity index is 1110. The van der Waals surface area contributed by atoms with Crippen molar-refractivity contribution in [3.05, 3.63) is 64.5 Å². The van der Waals surface area contributed by atoms with Gasteiger partial charge >= 0.3 is 0 Å². The second-order valence-corrected chi connectivity index (χ2v) is 8.13. The molecule has 1 fully saturated rings. The lowest BCUT2D eigenvalue weighted by molar-refractivity contribution is 0.568. The summed E-state index contributed by atoms with van der Waals surface area (Å²) < 4.78 is 13.2. The molecule has 0 unspecified atom stereocenters. The standard InChI is InChI=1S/C24H28FN7/c1-16-13-18(3)19(14-17(16)2)15-26-31-23-28-22(27-21-9-7-20(25)8-10-21)29-24(30-23)32-11-5-4-6-12-32/h7-10,13-15H,4-6,11-12H2,1-3H3,(H2,27,28,29,30,31)/b26-15-. The molecule has 32 heavy (non-hydrogen) atoms. The van der Waals surface area contributed by atoms with Gasteiger partial charge in [0.25, 0.3) is 0 Å². The quantitative estimate of drug-likeness (QED) is 0.415. The van der Waals surface area contributed by atoms with Gasteiger partial charge in [0.05, 0.1) is 6.21 Å². The highest BCUT2D eigenvalue weighted by Gasteiger charge is 2.16. The Morgan fingerprint density at radius 1 is 0.875 bits per heavy atom. The van der Waals surface area contributed by atoms with Crippen molar-refractivity contribution in [1.82, 2.24) is 15.0 Å². The van der Waals surface area contributed by atoms with Gasteiger partial charge in [-0.15, -0.1) is 0 Å². The maximum Gasteiger partial charge on any atom is 0.250 e. The van der Waals surface area contributed by atoms with Crippen LogP contribution in [0.1, 0.15) is 41.5 Å². The Hall–Kier alpha value is -3.55. The molecule has 0 spiro atoms. The average Bonchev–Trinajstić information content (AvgIpc) is 2.79. The van der Waals surface area contributed by atoms with Gasteiger partial charge in [-0.25, -0.2) is 9.82 Å². The number of anilines is 4. The molecule has 2 N–H and O–H groups in total. The van der Waals surface area contributed by atoms with Gasteiger partial charge in [0.1, 0.15) is 5.82 Å². The average molecular weight is 434 g/mol. The van der Waals surface area contributed by atoms with E-state index in [-0.39, 0.29) is 5.82 Å². The molecule has 1 aromatic heterocycles. The van der Waals surface area contributed by atoms with Crippen molar-refractivity contribution in [3.8, 4) is 0 Å². The number of hydrogen-bond acceptors (Lipinski definition) is 7. The number of benzene rings is 2. The first-order valence-corrected chi connectivity index (χ1v) is 10.9. The highest BCUT2D eigenvalue weighted by Crippen LogP contribution is 2.21. The highest BCUT2D eigenvalue weighted by molar-refractivity contribution is 5.82. The van der Waals surface area contributed by atoms with E-state index < -0.39 is 0 Å². The fourth-order valence-corrected chi connectivity index (χ4v) is 3.65. The monoisotopic (exact) mass is 433 g/mol. The number of aryl methyl sites for hydroxylation is 3. The van der Waals surface area contributed by atoms with Crippen LogP contribution < -0.4 is 15.6 Å². The van der Waals surface area contributed by atoms with Crippen LogP contribution in [0.15, 0.2) is 41.5 Å². The van der Waals surface area contributed by atoms with Crippen molar-refractivity contribution >= 4 is 29.7 Å². The van der Waals surface area contributed by atoms with Crippen LogP contribution >= 0.6 is 0 Å². The molecule has 8 heteroatoms. The Kier molecular flexibility index (Phi) is 6.58. The Balaban J connectivity index is 1.58. The van der Waals surface area contributed by atoms with E-state index in [2.05, 4.69) is 68.6 Å². The van der Waals surface area contributed by atoms with Gasteiger partial charge in [-0.2, -0.15) is 20.1 Å². The van der Waals surface area contributed by atoms with Crippen molar-refractivity contribution in [1.29, 1.82) is 0 Å². The molecule has 4 rings (SSSR count). The molecular weight excluding hydrogens is 405 g/mol. The molecular formula is C24H28FN7. The summed E-state index contributed by atoms with van der Waals surface area (Å²) in [7, 11) is 0. The van der Waals surface area contributed by atoms with E-state index in [0.29, 0.717) is 23.5 Å². The number of halogens is 1. The molecule has 0 saturated carbocycles. The van der Waals surface area contributed by atoms with E-state index in [0.717, 1.165) is 37.1 Å². The third-order valence-electron chi connectivity index (χ3n) is 5.61. The van der Waals surface area contributed by atoms with Crippen molar-refractivity contribution in [2.24, 2.45) is 5.10 Å². The second-order valence-electron chi connectivity index (χ2n) is 8.13. The van der Waals surface area contributed by atoms with Crippen molar-refractivity contribution < 1.29 is 4.39 Å². The molecule has 0 atom stereocenters. The van der Waals surface area contributed by atoms with Gasteiger partial charge in [-0.05, 0) is 92.6 Å². The molecule has 0 aliphatic carbocycles.